The Bertz CT molecular complexity index is 606. The molecule has 0 spiro atoms. The number of imide groups is 1. The van der Waals surface area contributed by atoms with Crippen LogP contribution in [0.25, 0.3) is 5.65 Å². The number of anilines is 1. The summed E-state index contributed by atoms with van der Waals surface area (Å²) in [4.78, 5) is 32.4. The van der Waals surface area contributed by atoms with Gasteiger partial charge in [0.15, 0.2) is 5.65 Å². The minimum absolute atomic E-state index is 0.259. The van der Waals surface area contributed by atoms with E-state index >= 15 is 0 Å². The van der Waals surface area contributed by atoms with Gasteiger partial charge in [0.2, 0.25) is 11.9 Å². The second-order valence-electron chi connectivity index (χ2n) is 3.66. The molecule has 2 aromatic heterocycles. The molecule has 0 unspecified atom stereocenters. The lowest BCUT2D eigenvalue weighted by molar-refractivity contribution is -0.120. The van der Waals surface area contributed by atoms with Crippen molar-refractivity contribution in [3.63, 3.8) is 0 Å². The number of aromatic nitrogens is 3. The third kappa shape index (κ3) is 1.52. The first kappa shape index (κ1) is 9.76. The van der Waals surface area contributed by atoms with Crippen molar-refractivity contribution < 1.29 is 9.59 Å². The average molecular weight is 231 g/mol. The van der Waals surface area contributed by atoms with Gasteiger partial charge in [-0.25, -0.2) is 14.8 Å². The number of nitrogens with zero attached hydrogens (tertiary/aromatic N) is 4. The number of amides is 3. The summed E-state index contributed by atoms with van der Waals surface area (Å²) in [5, 5.41) is 2.26. The fraction of sp³-hybridized carbons (Fsp3) is 0.200. The van der Waals surface area contributed by atoms with E-state index in [4.69, 9.17) is 0 Å². The topological polar surface area (TPSA) is 79.6 Å². The van der Waals surface area contributed by atoms with Crippen LogP contribution in [0.2, 0.25) is 0 Å². The molecule has 0 saturated carbocycles. The van der Waals surface area contributed by atoms with Crippen molar-refractivity contribution in [1.82, 2.24) is 19.7 Å². The lowest BCUT2D eigenvalue weighted by Crippen LogP contribution is -2.50. The van der Waals surface area contributed by atoms with Gasteiger partial charge in [0.1, 0.15) is 0 Å². The van der Waals surface area contributed by atoms with E-state index in [2.05, 4.69) is 15.3 Å². The van der Waals surface area contributed by atoms with Crippen LogP contribution in [0.4, 0.5) is 10.7 Å². The number of hydrogen-bond acceptors (Lipinski definition) is 4. The van der Waals surface area contributed by atoms with Crippen LogP contribution in [-0.2, 0) is 4.79 Å². The Balaban J connectivity index is 2.04. The van der Waals surface area contributed by atoms with Gasteiger partial charge in [-0.2, -0.15) is 0 Å². The first-order chi connectivity index (χ1) is 8.25. The Labute approximate surface area is 96.1 Å². The number of rotatable bonds is 1. The molecule has 0 atom stereocenters. The van der Waals surface area contributed by atoms with E-state index in [-0.39, 0.29) is 12.3 Å². The number of carbonyl (C=O) groups is 2. The SMILES string of the molecule is O=C1CCN(c2ncc3ncccn23)C(=O)N1. The van der Waals surface area contributed by atoms with Crippen molar-refractivity contribution in [3.05, 3.63) is 24.7 Å². The third-order valence-electron chi connectivity index (χ3n) is 2.58. The Hall–Kier alpha value is -2.44. The van der Waals surface area contributed by atoms with Gasteiger partial charge in [-0.1, -0.05) is 0 Å². The number of fused-ring (bicyclic) bond motifs is 1. The summed E-state index contributed by atoms with van der Waals surface area (Å²) in [6.45, 7) is 0.332. The zero-order valence-electron chi connectivity index (χ0n) is 8.83. The predicted octanol–water partition coefficient (Wildman–Crippen LogP) is 0.176. The quantitative estimate of drug-likeness (QED) is 0.759. The predicted molar refractivity (Wildman–Crippen MR) is 58.5 cm³/mol. The van der Waals surface area contributed by atoms with E-state index in [1.54, 1.807) is 29.1 Å². The van der Waals surface area contributed by atoms with Crippen molar-refractivity contribution in [2.24, 2.45) is 0 Å². The van der Waals surface area contributed by atoms with Gasteiger partial charge in [0.25, 0.3) is 0 Å². The summed E-state index contributed by atoms with van der Waals surface area (Å²) in [6.07, 6.45) is 5.29. The number of carbonyl (C=O) groups excluding carboxylic acids is 2. The molecule has 7 nitrogen and oxygen atoms in total. The van der Waals surface area contributed by atoms with E-state index in [0.717, 1.165) is 0 Å². The Morgan fingerprint density at radius 3 is 3.00 bits per heavy atom. The Morgan fingerprint density at radius 2 is 2.18 bits per heavy atom. The molecular formula is C10H9N5O2. The maximum absolute atomic E-state index is 11.7. The first-order valence-corrected chi connectivity index (χ1v) is 5.15. The van der Waals surface area contributed by atoms with E-state index in [1.165, 1.54) is 4.90 Å². The number of imidazole rings is 1. The molecule has 3 amide bonds. The first-order valence-electron chi connectivity index (χ1n) is 5.15. The number of nitrogens with one attached hydrogen (secondary N) is 1. The molecule has 1 N–H and O–H groups in total. The molecule has 1 fully saturated rings. The normalized spacial score (nSPS) is 16.4. The van der Waals surface area contributed by atoms with Crippen molar-refractivity contribution >= 4 is 23.5 Å². The highest BCUT2D eigenvalue weighted by atomic mass is 16.2. The molecule has 0 radical (unpaired) electrons. The molecule has 1 aliphatic heterocycles. The summed E-state index contributed by atoms with van der Waals surface area (Å²) in [7, 11) is 0. The van der Waals surface area contributed by atoms with Crippen LogP contribution in [0.5, 0.6) is 0 Å². The molecule has 2 aromatic rings. The number of hydrogen-bond donors (Lipinski definition) is 1. The van der Waals surface area contributed by atoms with Crippen molar-refractivity contribution in [3.8, 4) is 0 Å². The van der Waals surface area contributed by atoms with Crippen LogP contribution in [0, 0.1) is 0 Å². The average Bonchev–Trinajstić information content (AvgIpc) is 2.73. The van der Waals surface area contributed by atoms with Gasteiger partial charge >= 0.3 is 6.03 Å². The maximum atomic E-state index is 11.7. The second kappa shape index (κ2) is 3.55. The monoisotopic (exact) mass is 231 g/mol. The second-order valence-corrected chi connectivity index (χ2v) is 3.66. The Kier molecular flexibility index (Phi) is 2.04. The standard InChI is InChI=1S/C10H9N5O2/c16-8-2-5-15(10(17)13-8)9-12-6-7-11-3-1-4-14(7)9/h1,3-4,6H,2,5H2,(H,13,16,17). The molecule has 1 aliphatic rings. The summed E-state index contributed by atoms with van der Waals surface area (Å²) in [5.41, 5.74) is 0.659. The molecule has 17 heavy (non-hydrogen) atoms. The summed E-state index contributed by atoms with van der Waals surface area (Å²) in [6, 6.07) is 1.31. The minimum Gasteiger partial charge on any atom is -0.278 e. The van der Waals surface area contributed by atoms with Crippen LogP contribution in [-0.4, -0.2) is 32.9 Å². The zero-order valence-corrected chi connectivity index (χ0v) is 8.83. The van der Waals surface area contributed by atoms with Crippen LogP contribution in [0.15, 0.2) is 24.7 Å². The van der Waals surface area contributed by atoms with Gasteiger partial charge in [0.05, 0.1) is 6.20 Å². The van der Waals surface area contributed by atoms with Crippen LogP contribution >= 0.6 is 0 Å². The molecular weight excluding hydrogens is 222 g/mol. The third-order valence-corrected chi connectivity index (χ3v) is 2.58. The molecule has 0 aromatic carbocycles. The molecule has 3 rings (SSSR count). The summed E-state index contributed by atoms with van der Waals surface area (Å²) < 4.78 is 1.70. The molecule has 0 bridgehead atoms. The van der Waals surface area contributed by atoms with Crippen molar-refractivity contribution in [2.75, 3.05) is 11.4 Å². The van der Waals surface area contributed by atoms with Gasteiger partial charge < -0.3 is 0 Å². The summed E-state index contributed by atoms with van der Waals surface area (Å²) in [5.74, 6) is 0.211. The van der Waals surface area contributed by atoms with Gasteiger partial charge in [0, 0.05) is 25.4 Å². The molecule has 86 valence electrons. The van der Waals surface area contributed by atoms with Crippen molar-refractivity contribution in [1.29, 1.82) is 0 Å². The minimum atomic E-state index is -0.447. The molecule has 0 aliphatic carbocycles. The Morgan fingerprint density at radius 1 is 1.29 bits per heavy atom. The lowest BCUT2D eigenvalue weighted by atomic mass is 10.3. The maximum Gasteiger partial charge on any atom is 0.330 e. The fourth-order valence-electron chi connectivity index (χ4n) is 1.78. The van der Waals surface area contributed by atoms with Crippen LogP contribution < -0.4 is 10.2 Å². The highest BCUT2D eigenvalue weighted by Gasteiger charge is 2.27. The van der Waals surface area contributed by atoms with Gasteiger partial charge in [-0.15, -0.1) is 0 Å². The van der Waals surface area contributed by atoms with Crippen molar-refractivity contribution in [2.45, 2.75) is 6.42 Å². The molecule has 1 saturated heterocycles. The lowest BCUT2D eigenvalue weighted by Gasteiger charge is -2.24. The fourth-order valence-corrected chi connectivity index (χ4v) is 1.78. The highest BCUT2D eigenvalue weighted by Crippen LogP contribution is 2.16. The number of urea groups is 1. The van der Waals surface area contributed by atoms with Gasteiger partial charge in [-0.3, -0.25) is 19.4 Å². The van der Waals surface area contributed by atoms with E-state index in [1.807, 2.05) is 0 Å². The van der Waals surface area contributed by atoms with Crippen LogP contribution in [0.1, 0.15) is 6.42 Å². The van der Waals surface area contributed by atoms with E-state index in [9.17, 15) is 9.59 Å². The van der Waals surface area contributed by atoms with E-state index in [0.29, 0.717) is 18.1 Å². The summed E-state index contributed by atoms with van der Waals surface area (Å²) >= 11 is 0. The highest BCUT2D eigenvalue weighted by molar-refractivity contribution is 6.04. The largest absolute Gasteiger partial charge is 0.330 e. The molecule has 7 heteroatoms. The van der Waals surface area contributed by atoms with Gasteiger partial charge in [-0.05, 0) is 6.07 Å². The van der Waals surface area contributed by atoms with E-state index < -0.39 is 6.03 Å². The molecule has 3 heterocycles. The van der Waals surface area contributed by atoms with Crippen LogP contribution in [0.3, 0.4) is 0 Å². The zero-order chi connectivity index (χ0) is 11.8. The smallest absolute Gasteiger partial charge is 0.278 e.